The standard InChI is InChI=1S/C16H22N2O3/c1-15(2)13(16(15,3)4)18-14(21)17-11-7-5-10(6-8-11)9-12(19)20/h5-8,13H,9H2,1-4H3,(H,19,20)(H2,17,18,21). The number of urea groups is 1. The third kappa shape index (κ3) is 3.01. The first-order chi connectivity index (χ1) is 9.64. The monoisotopic (exact) mass is 290 g/mol. The molecule has 114 valence electrons. The molecule has 21 heavy (non-hydrogen) atoms. The summed E-state index contributed by atoms with van der Waals surface area (Å²) in [6.07, 6.45) is -0.0169. The summed E-state index contributed by atoms with van der Waals surface area (Å²) >= 11 is 0. The lowest BCUT2D eigenvalue weighted by molar-refractivity contribution is -0.136. The summed E-state index contributed by atoms with van der Waals surface area (Å²) in [6.45, 7) is 8.55. The Kier molecular flexibility index (Phi) is 3.70. The molecule has 1 aliphatic carbocycles. The van der Waals surface area contributed by atoms with Gasteiger partial charge < -0.3 is 15.7 Å². The molecule has 1 aromatic rings. The van der Waals surface area contributed by atoms with Crippen molar-refractivity contribution in [1.82, 2.24) is 5.32 Å². The van der Waals surface area contributed by atoms with Gasteiger partial charge in [-0.15, -0.1) is 0 Å². The van der Waals surface area contributed by atoms with Crippen molar-refractivity contribution in [2.45, 2.75) is 40.2 Å². The lowest BCUT2D eigenvalue weighted by Crippen LogP contribution is -2.33. The maximum atomic E-state index is 12.0. The molecule has 5 heteroatoms. The zero-order valence-corrected chi connectivity index (χ0v) is 12.9. The highest BCUT2D eigenvalue weighted by atomic mass is 16.4. The van der Waals surface area contributed by atoms with Crippen molar-refractivity contribution in [1.29, 1.82) is 0 Å². The number of hydrogen-bond acceptors (Lipinski definition) is 2. The van der Waals surface area contributed by atoms with E-state index < -0.39 is 5.97 Å². The van der Waals surface area contributed by atoms with Crippen LogP contribution in [0.2, 0.25) is 0 Å². The van der Waals surface area contributed by atoms with Crippen LogP contribution < -0.4 is 10.6 Å². The maximum absolute atomic E-state index is 12.0. The van der Waals surface area contributed by atoms with Crippen LogP contribution in [0.1, 0.15) is 33.3 Å². The minimum absolute atomic E-state index is 0.0169. The molecule has 0 atom stereocenters. The Bertz CT molecular complexity index is 547. The van der Waals surface area contributed by atoms with E-state index in [9.17, 15) is 9.59 Å². The van der Waals surface area contributed by atoms with Crippen molar-refractivity contribution in [3.8, 4) is 0 Å². The molecule has 2 rings (SSSR count). The highest BCUT2D eigenvalue weighted by molar-refractivity contribution is 5.90. The summed E-state index contributed by atoms with van der Waals surface area (Å²) in [5.41, 5.74) is 1.54. The van der Waals surface area contributed by atoms with Crippen molar-refractivity contribution < 1.29 is 14.7 Å². The van der Waals surface area contributed by atoms with Gasteiger partial charge >= 0.3 is 12.0 Å². The molecule has 1 aliphatic rings. The van der Waals surface area contributed by atoms with E-state index in [0.717, 1.165) is 0 Å². The molecule has 3 N–H and O–H groups in total. The van der Waals surface area contributed by atoms with E-state index in [-0.39, 0.29) is 29.3 Å². The van der Waals surface area contributed by atoms with Crippen LogP contribution in [0.5, 0.6) is 0 Å². The van der Waals surface area contributed by atoms with Gasteiger partial charge in [-0.1, -0.05) is 39.8 Å². The lowest BCUT2D eigenvalue weighted by atomic mass is 10.0. The van der Waals surface area contributed by atoms with Gasteiger partial charge in [0.25, 0.3) is 0 Å². The number of carboxylic acid groups (broad SMARTS) is 1. The van der Waals surface area contributed by atoms with Crippen LogP contribution in [0.25, 0.3) is 0 Å². The van der Waals surface area contributed by atoms with E-state index in [1.807, 2.05) is 0 Å². The number of anilines is 1. The van der Waals surface area contributed by atoms with Gasteiger partial charge in [0, 0.05) is 11.7 Å². The normalized spacial score (nSPS) is 18.9. The number of aliphatic carboxylic acids is 1. The predicted molar refractivity (Wildman–Crippen MR) is 81.3 cm³/mol. The van der Waals surface area contributed by atoms with Gasteiger partial charge in [-0.05, 0) is 28.5 Å². The lowest BCUT2D eigenvalue weighted by Gasteiger charge is -2.09. The van der Waals surface area contributed by atoms with E-state index in [4.69, 9.17) is 5.11 Å². The van der Waals surface area contributed by atoms with Gasteiger partial charge in [-0.2, -0.15) is 0 Å². The number of rotatable bonds is 4. The Hall–Kier alpha value is -2.04. The maximum Gasteiger partial charge on any atom is 0.319 e. The Labute approximate surface area is 124 Å². The first kappa shape index (κ1) is 15.4. The fraction of sp³-hybridized carbons (Fsp3) is 0.500. The first-order valence-corrected chi connectivity index (χ1v) is 7.03. The second kappa shape index (κ2) is 5.06. The van der Waals surface area contributed by atoms with Gasteiger partial charge in [-0.3, -0.25) is 4.79 Å². The molecule has 0 radical (unpaired) electrons. The fourth-order valence-electron chi connectivity index (χ4n) is 2.74. The minimum Gasteiger partial charge on any atom is -0.481 e. The van der Waals surface area contributed by atoms with Crippen molar-refractivity contribution in [3.05, 3.63) is 29.8 Å². The summed E-state index contributed by atoms with van der Waals surface area (Å²) in [7, 11) is 0. The molecule has 1 saturated carbocycles. The van der Waals surface area contributed by atoms with Crippen LogP contribution in [-0.2, 0) is 11.2 Å². The zero-order valence-electron chi connectivity index (χ0n) is 12.9. The molecule has 1 aromatic carbocycles. The number of amides is 2. The van der Waals surface area contributed by atoms with Gasteiger partial charge in [0.15, 0.2) is 0 Å². The molecule has 0 spiro atoms. The van der Waals surface area contributed by atoms with Gasteiger partial charge in [0.2, 0.25) is 0 Å². The van der Waals surface area contributed by atoms with E-state index in [1.54, 1.807) is 24.3 Å². The summed E-state index contributed by atoms with van der Waals surface area (Å²) < 4.78 is 0. The number of carbonyl (C=O) groups is 2. The molecule has 5 nitrogen and oxygen atoms in total. The van der Waals surface area contributed by atoms with E-state index in [2.05, 4.69) is 38.3 Å². The van der Waals surface area contributed by atoms with Crippen molar-refractivity contribution in [3.63, 3.8) is 0 Å². The van der Waals surface area contributed by atoms with Crippen LogP contribution in [0.4, 0.5) is 10.5 Å². The zero-order chi connectivity index (χ0) is 15.8. The Morgan fingerprint density at radius 3 is 2.05 bits per heavy atom. The van der Waals surface area contributed by atoms with E-state index >= 15 is 0 Å². The van der Waals surface area contributed by atoms with Gasteiger partial charge in [0.1, 0.15) is 0 Å². The number of nitrogens with one attached hydrogen (secondary N) is 2. The molecule has 0 unspecified atom stereocenters. The first-order valence-electron chi connectivity index (χ1n) is 7.03. The molecule has 0 heterocycles. The SMILES string of the molecule is CC1(C)C(NC(=O)Nc2ccc(CC(=O)O)cc2)C1(C)C. The Morgan fingerprint density at radius 1 is 1.10 bits per heavy atom. The van der Waals surface area contributed by atoms with Crippen LogP contribution in [0.3, 0.4) is 0 Å². The van der Waals surface area contributed by atoms with Crippen LogP contribution >= 0.6 is 0 Å². The van der Waals surface area contributed by atoms with Crippen LogP contribution in [-0.4, -0.2) is 23.1 Å². The smallest absolute Gasteiger partial charge is 0.319 e. The number of benzene rings is 1. The highest BCUT2D eigenvalue weighted by Gasteiger charge is 2.65. The summed E-state index contributed by atoms with van der Waals surface area (Å²) in [5.74, 6) is -0.869. The summed E-state index contributed by atoms with van der Waals surface area (Å²) in [5, 5.41) is 14.5. The van der Waals surface area contributed by atoms with Gasteiger partial charge in [-0.25, -0.2) is 4.79 Å². The largest absolute Gasteiger partial charge is 0.481 e. The molecule has 0 aliphatic heterocycles. The number of carboxylic acids is 1. The minimum atomic E-state index is -0.869. The van der Waals surface area contributed by atoms with Gasteiger partial charge in [0.05, 0.1) is 6.42 Å². The number of carbonyl (C=O) groups excluding carboxylic acids is 1. The van der Waals surface area contributed by atoms with Crippen molar-refractivity contribution >= 4 is 17.7 Å². The molecule has 0 bridgehead atoms. The van der Waals surface area contributed by atoms with Crippen molar-refractivity contribution in [2.24, 2.45) is 10.8 Å². The third-order valence-corrected chi connectivity index (χ3v) is 4.86. The molecular formula is C16H22N2O3. The summed E-state index contributed by atoms with van der Waals surface area (Å²) in [6, 6.07) is 6.74. The second-order valence-corrected chi connectivity index (χ2v) is 6.74. The quantitative estimate of drug-likeness (QED) is 0.798. The Balaban J connectivity index is 1.90. The highest BCUT2D eigenvalue weighted by Crippen LogP contribution is 2.62. The van der Waals surface area contributed by atoms with E-state index in [1.165, 1.54) is 0 Å². The summed E-state index contributed by atoms with van der Waals surface area (Å²) in [4.78, 5) is 22.6. The Morgan fingerprint density at radius 2 is 1.62 bits per heavy atom. The van der Waals surface area contributed by atoms with Crippen LogP contribution in [0, 0.1) is 10.8 Å². The van der Waals surface area contributed by atoms with E-state index in [0.29, 0.717) is 11.3 Å². The van der Waals surface area contributed by atoms with Crippen molar-refractivity contribution in [2.75, 3.05) is 5.32 Å². The molecule has 1 fully saturated rings. The number of hydrogen-bond donors (Lipinski definition) is 3. The topological polar surface area (TPSA) is 78.4 Å². The molecule has 0 aromatic heterocycles. The average molecular weight is 290 g/mol. The fourth-order valence-corrected chi connectivity index (χ4v) is 2.74. The predicted octanol–water partition coefficient (Wildman–Crippen LogP) is 2.87. The second-order valence-electron chi connectivity index (χ2n) is 6.74. The van der Waals surface area contributed by atoms with Crippen LogP contribution in [0.15, 0.2) is 24.3 Å². The molecular weight excluding hydrogens is 268 g/mol. The molecule has 0 saturated heterocycles. The molecule has 2 amide bonds. The average Bonchev–Trinajstić information content (AvgIpc) is 2.73. The third-order valence-electron chi connectivity index (χ3n) is 4.86.